The number of rotatable bonds is 4. The van der Waals surface area contributed by atoms with E-state index in [4.69, 9.17) is 10.5 Å². The minimum absolute atomic E-state index is 0.0424. The molecule has 1 aliphatic heterocycles. The molecular formula is C19H23NO. The summed E-state index contributed by atoms with van der Waals surface area (Å²) < 4.78 is 5.46. The molecule has 0 aliphatic carbocycles. The van der Waals surface area contributed by atoms with Gasteiger partial charge in [-0.25, -0.2) is 0 Å². The Labute approximate surface area is 126 Å². The molecule has 1 heterocycles. The number of benzene rings is 2. The highest BCUT2D eigenvalue weighted by molar-refractivity contribution is 5.35. The maximum absolute atomic E-state index is 6.38. The van der Waals surface area contributed by atoms with E-state index in [0.717, 1.165) is 19.6 Å². The van der Waals surface area contributed by atoms with Crippen molar-refractivity contribution in [1.82, 2.24) is 0 Å². The lowest BCUT2D eigenvalue weighted by molar-refractivity contribution is 0.134. The summed E-state index contributed by atoms with van der Waals surface area (Å²) in [6, 6.07) is 15.4. The first kappa shape index (κ1) is 14.3. The molecule has 1 atom stereocenters. The van der Waals surface area contributed by atoms with Crippen molar-refractivity contribution in [3.8, 4) is 0 Å². The predicted octanol–water partition coefficient (Wildman–Crippen LogP) is 4.08. The Morgan fingerprint density at radius 1 is 0.952 bits per heavy atom. The van der Waals surface area contributed by atoms with Crippen molar-refractivity contribution in [2.75, 3.05) is 0 Å². The molecular weight excluding hydrogens is 258 g/mol. The van der Waals surface area contributed by atoms with Crippen LogP contribution in [0, 0.1) is 0 Å². The number of hydrogen-bond acceptors (Lipinski definition) is 2. The minimum Gasteiger partial charge on any atom is -0.372 e. The van der Waals surface area contributed by atoms with Gasteiger partial charge in [0.2, 0.25) is 0 Å². The lowest BCUT2D eigenvalue weighted by atomic mass is 9.95. The largest absolute Gasteiger partial charge is 0.372 e. The van der Waals surface area contributed by atoms with Gasteiger partial charge in [-0.1, -0.05) is 56.3 Å². The van der Waals surface area contributed by atoms with E-state index in [1.54, 1.807) is 0 Å². The van der Waals surface area contributed by atoms with Crippen LogP contribution in [0.15, 0.2) is 42.5 Å². The van der Waals surface area contributed by atoms with Gasteiger partial charge >= 0.3 is 0 Å². The average molecular weight is 281 g/mol. The number of hydrogen-bond donors (Lipinski definition) is 1. The van der Waals surface area contributed by atoms with Gasteiger partial charge < -0.3 is 10.5 Å². The van der Waals surface area contributed by atoms with Crippen LogP contribution in [0.5, 0.6) is 0 Å². The van der Waals surface area contributed by atoms with Gasteiger partial charge in [-0.15, -0.1) is 0 Å². The van der Waals surface area contributed by atoms with Crippen molar-refractivity contribution in [1.29, 1.82) is 0 Å². The Morgan fingerprint density at radius 2 is 1.62 bits per heavy atom. The van der Waals surface area contributed by atoms with Gasteiger partial charge in [0.05, 0.1) is 13.2 Å². The molecule has 2 aromatic rings. The third-order valence-electron chi connectivity index (χ3n) is 4.28. The molecule has 2 aromatic carbocycles. The summed E-state index contributed by atoms with van der Waals surface area (Å²) in [6.45, 7) is 5.89. The molecule has 0 radical (unpaired) electrons. The first-order chi connectivity index (χ1) is 10.1. The molecule has 0 aromatic heterocycles. The van der Waals surface area contributed by atoms with E-state index >= 15 is 0 Å². The molecule has 0 spiro atoms. The first-order valence-electron chi connectivity index (χ1n) is 7.67. The summed E-state index contributed by atoms with van der Waals surface area (Å²) in [5.74, 6) is 0.574. The average Bonchev–Trinajstić information content (AvgIpc) is 2.95. The quantitative estimate of drug-likeness (QED) is 0.916. The standard InChI is InChI=1S/C19H23NO/c1-13(2)15-5-3-14(4-6-15)9-19(20)16-7-8-17-11-21-12-18(17)10-16/h3-8,10,13,19H,9,11-12,20H2,1-2H3. The molecule has 110 valence electrons. The van der Waals surface area contributed by atoms with Crippen LogP contribution in [0.25, 0.3) is 0 Å². The van der Waals surface area contributed by atoms with Crippen LogP contribution >= 0.6 is 0 Å². The molecule has 1 aliphatic rings. The van der Waals surface area contributed by atoms with E-state index in [1.165, 1.54) is 27.8 Å². The summed E-state index contributed by atoms with van der Waals surface area (Å²) in [5.41, 5.74) is 12.8. The van der Waals surface area contributed by atoms with Gasteiger partial charge in [0.15, 0.2) is 0 Å². The molecule has 2 N–H and O–H groups in total. The van der Waals surface area contributed by atoms with Crippen molar-refractivity contribution in [2.45, 2.75) is 45.4 Å². The van der Waals surface area contributed by atoms with Crippen molar-refractivity contribution in [3.63, 3.8) is 0 Å². The summed E-state index contributed by atoms with van der Waals surface area (Å²) in [5, 5.41) is 0. The molecule has 1 unspecified atom stereocenters. The van der Waals surface area contributed by atoms with Crippen LogP contribution in [0.3, 0.4) is 0 Å². The normalized spacial score (nSPS) is 15.2. The highest BCUT2D eigenvalue weighted by atomic mass is 16.5. The van der Waals surface area contributed by atoms with Gasteiger partial charge in [-0.2, -0.15) is 0 Å². The molecule has 2 heteroatoms. The lowest BCUT2D eigenvalue weighted by Gasteiger charge is -2.14. The van der Waals surface area contributed by atoms with Crippen LogP contribution in [-0.4, -0.2) is 0 Å². The summed E-state index contributed by atoms with van der Waals surface area (Å²) in [4.78, 5) is 0. The topological polar surface area (TPSA) is 35.2 Å². The van der Waals surface area contributed by atoms with Crippen molar-refractivity contribution in [3.05, 3.63) is 70.3 Å². The van der Waals surface area contributed by atoms with Gasteiger partial charge in [0.1, 0.15) is 0 Å². The van der Waals surface area contributed by atoms with Crippen molar-refractivity contribution < 1.29 is 4.74 Å². The lowest BCUT2D eigenvalue weighted by Crippen LogP contribution is -2.13. The third-order valence-corrected chi connectivity index (χ3v) is 4.28. The zero-order valence-electron chi connectivity index (χ0n) is 12.8. The Bertz CT molecular complexity index is 616. The molecule has 0 saturated heterocycles. The van der Waals surface area contributed by atoms with Gasteiger partial charge in [-0.05, 0) is 40.2 Å². The van der Waals surface area contributed by atoms with Gasteiger partial charge in [0.25, 0.3) is 0 Å². The fourth-order valence-electron chi connectivity index (χ4n) is 2.83. The van der Waals surface area contributed by atoms with Crippen LogP contribution in [0.4, 0.5) is 0 Å². The second-order valence-corrected chi connectivity index (χ2v) is 6.23. The smallest absolute Gasteiger partial charge is 0.0725 e. The van der Waals surface area contributed by atoms with E-state index in [9.17, 15) is 0 Å². The molecule has 3 rings (SSSR count). The third kappa shape index (κ3) is 3.17. The van der Waals surface area contributed by atoms with E-state index in [1.807, 2.05) is 0 Å². The molecule has 0 bridgehead atoms. The van der Waals surface area contributed by atoms with Crippen LogP contribution < -0.4 is 5.73 Å². The SMILES string of the molecule is CC(C)c1ccc(CC(N)c2ccc3c(c2)COC3)cc1. The maximum Gasteiger partial charge on any atom is 0.0725 e. The highest BCUT2D eigenvalue weighted by Gasteiger charge is 2.14. The summed E-state index contributed by atoms with van der Waals surface area (Å²) in [6.07, 6.45) is 0.873. The fraction of sp³-hybridized carbons (Fsp3) is 0.368. The van der Waals surface area contributed by atoms with Crippen LogP contribution in [-0.2, 0) is 24.4 Å². The van der Waals surface area contributed by atoms with Crippen molar-refractivity contribution >= 4 is 0 Å². The summed E-state index contributed by atoms with van der Waals surface area (Å²) in [7, 11) is 0. The number of fused-ring (bicyclic) bond motifs is 1. The second kappa shape index (κ2) is 6.00. The summed E-state index contributed by atoms with van der Waals surface area (Å²) >= 11 is 0. The van der Waals surface area contributed by atoms with Crippen LogP contribution in [0.2, 0.25) is 0 Å². The van der Waals surface area contributed by atoms with E-state index in [2.05, 4.69) is 56.3 Å². The van der Waals surface area contributed by atoms with E-state index < -0.39 is 0 Å². The molecule has 21 heavy (non-hydrogen) atoms. The zero-order valence-corrected chi connectivity index (χ0v) is 12.8. The Balaban J connectivity index is 1.72. The fourth-order valence-corrected chi connectivity index (χ4v) is 2.83. The first-order valence-corrected chi connectivity index (χ1v) is 7.67. The van der Waals surface area contributed by atoms with Crippen molar-refractivity contribution in [2.24, 2.45) is 5.73 Å². The highest BCUT2D eigenvalue weighted by Crippen LogP contribution is 2.25. The predicted molar refractivity (Wildman–Crippen MR) is 86.1 cm³/mol. The Kier molecular flexibility index (Phi) is 4.09. The van der Waals surface area contributed by atoms with E-state index in [-0.39, 0.29) is 6.04 Å². The number of nitrogens with two attached hydrogens (primary N) is 1. The molecule has 0 fully saturated rings. The minimum atomic E-state index is 0.0424. The van der Waals surface area contributed by atoms with Crippen LogP contribution in [0.1, 0.15) is 53.6 Å². The molecule has 2 nitrogen and oxygen atoms in total. The number of ether oxygens (including phenoxy) is 1. The van der Waals surface area contributed by atoms with Gasteiger partial charge in [0, 0.05) is 6.04 Å². The monoisotopic (exact) mass is 281 g/mol. The molecule has 0 saturated carbocycles. The molecule has 0 amide bonds. The maximum atomic E-state index is 6.38. The van der Waals surface area contributed by atoms with E-state index in [0.29, 0.717) is 5.92 Å². The second-order valence-electron chi connectivity index (χ2n) is 6.23. The Morgan fingerprint density at radius 3 is 2.33 bits per heavy atom. The Hall–Kier alpha value is -1.64. The zero-order chi connectivity index (χ0) is 14.8. The van der Waals surface area contributed by atoms with Gasteiger partial charge in [-0.3, -0.25) is 0 Å².